The molecule has 0 radical (unpaired) electrons. The molecule has 2 nitrogen and oxygen atoms in total. The zero-order valence-electron chi connectivity index (χ0n) is 7.18. The number of hydrogen-bond donors (Lipinski definition) is 0. The molecule has 0 aliphatic carbocycles. The van der Waals surface area contributed by atoms with Crippen LogP contribution in [0.15, 0.2) is 0 Å². The van der Waals surface area contributed by atoms with Gasteiger partial charge in [-0.05, 0) is 26.6 Å². The van der Waals surface area contributed by atoms with Crippen LogP contribution in [0.4, 0.5) is 0 Å². The molecule has 0 bridgehead atoms. The molecule has 0 unspecified atom stereocenters. The van der Waals surface area contributed by atoms with Crippen molar-refractivity contribution in [2.24, 2.45) is 0 Å². The minimum absolute atomic E-state index is 0. The van der Waals surface area contributed by atoms with Gasteiger partial charge in [0.15, 0.2) is 0 Å². The highest BCUT2D eigenvalue weighted by molar-refractivity contribution is 5.85. The monoisotopic (exact) mass is 169 g/mol. The van der Waals surface area contributed by atoms with Gasteiger partial charge < -0.3 is 10.4 Å². The molecule has 0 fully saturated rings. The lowest BCUT2D eigenvalue weighted by atomic mass is 10.3. The van der Waals surface area contributed by atoms with Gasteiger partial charge >= 0.3 is 0 Å². The summed E-state index contributed by atoms with van der Waals surface area (Å²) < 4.78 is 0. The molecule has 0 atom stereocenters. The fraction of sp³-hybridized carbons (Fsp3) is 1.00. The van der Waals surface area contributed by atoms with Gasteiger partial charge in [-0.3, -0.25) is 0 Å². The summed E-state index contributed by atoms with van der Waals surface area (Å²) in [6.07, 6.45) is 2.65. The Kier molecular flexibility index (Phi) is 19.9. The van der Waals surface area contributed by atoms with E-state index in [9.17, 15) is 0 Å². The van der Waals surface area contributed by atoms with Crippen LogP contribution in [0, 0.1) is 0 Å². The van der Waals surface area contributed by atoms with Crippen LogP contribution in [-0.4, -0.2) is 30.5 Å². The molecule has 0 heterocycles. The van der Waals surface area contributed by atoms with Gasteiger partial charge in [-0.1, -0.05) is 20.3 Å². The molecule has 0 aromatic rings. The summed E-state index contributed by atoms with van der Waals surface area (Å²) in [6, 6.07) is 0. The fourth-order valence-electron chi connectivity index (χ4n) is 0.586. The maximum atomic E-state index is 2.34. The number of hydrogen-bond acceptors (Lipinski definition) is 1. The average molecular weight is 170 g/mol. The first-order valence-electron chi connectivity index (χ1n) is 3.49. The first-order chi connectivity index (χ1) is 3.81. The molecule has 0 aromatic heterocycles. The second-order valence-electron chi connectivity index (χ2n) is 2.25. The Hall–Kier alpha value is 0.210. The summed E-state index contributed by atoms with van der Waals surface area (Å²) in [6.45, 7) is 6.85. The van der Waals surface area contributed by atoms with Gasteiger partial charge in [0.25, 0.3) is 0 Å². The van der Waals surface area contributed by atoms with E-state index in [4.69, 9.17) is 0 Å². The highest BCUT2D eigenvalue weighted by atomic mass is 35.5. The number of nitrogens with zero attached hydrogens (tertiary/aromatic N) is 1. The molecular formula is C7H20ClNO. The predicted molar refractivity (Wildman–Crippen MR) is 48.9 cm³/mol. The van der Waals surface area contributed by atoms with Crippen molar-refractivity contribution in [3.05, 3.63) is 0 Å². The number of unbranched alkanes of at least 4 members (excludes halogenated alkanes) is 1. The summed E-state index contributed by atoms with van der Waals surface area (Å²) in [5.74, 6) is 0. The molecule has 66 valence electrons. The molecule has 0 amide bonds. The van der Waals surface area contributed by atoms with Crippen LogP contribution < -0.4 is 0 Å². The van der Waals surface area contributed by atoms with Crippen molar-refractivity contribution in [2.75, 3.05) is 20.1 Å². The second kappa shape index (κ2) is 11.9. The molecule has 0 rings (SSSR count). The third kappa shape index (κ3) is 11.1. The molecule has 0 aromatic carbocycles. The maximum Gasteiger partial charge on any atom is -0.00220 e. The highest BCUT2D eigenvalue weighted by Gasteiger charge is 1.89. The Balaban J connectivity index is -0.000000245. The van der Waals surface area contributed by atoms with Crippen LogP contribution in [0.1, 0.15) is 26.7 Å². The Morgan fingerprint density at radius 2 is 1.70 bits per heavy atom. The van der Waals surface area contributed by atoms with E-state index in [-0.39, 0.29) is 17.9 Å². The van der Waals surface area contributed by atoms with Gasteiger partial charge in [0.05, 0.1) is 0 Å². The third-order valence-electron chi connectivity index (χ3n) is 1.43. The van der Waals surface area contributed by atoms with Crippen LogP contribution >= 0.6 is 12.4 Å². The molecule has 2 N–H and O–H groups in total. The molecule has 0 saturated heterocycles. The van der Waals surface area contributed by atoms with Crippen molar-refractivity contribution < 1.29 is 5.48 Å². The van der Waals surface area contributed by atoms with Crippen molar-refractivity contribution in [2.45, 2.75) is 26.7 Å². The fourth-order valence-corrected chi connectivity index (χ4v) is 0.586. The maximum absolute atomic E-state index is 2.34. The Morgan fingerprint density at radius 3 is 2.00 bits per heavy atom. The van der Waals surface area contributed by atoms with Gasteiger partial charge in [0.1, 0.15) is 0 Å². The normalized spacial score (nSPS) is 8.40. The minimum Gasteiger partial charge on any atom is -0.412 e. The topological polar surface area (TPSA) is 34.7 Å². The molecule has 0 aliphatic rings. The summed E-state index contributed by atoms with van der Waals surface area (Å²) >= 11 is 0. The lowest BCUT2D eigenvalue weighted by Crippen LogP contribution is -2.18. The molecule has 0 aliphatic heterocycles. The summed E-state index contributed by atoms with van der Waals surface area (Å²) in [7, 11) is 2.16. The zero-order valence-corrected chi connectivity index (χ0v) is 8.00. The van der Waals surface area contributed by atoms with Crippen LogP contribution in [0.5, 0.6) is 0 Å². The van der Waals surface area contributed by atoms with E-state index in [0.717, 1.165) is 0 Å². The third-order valence-corrected chi connectivity index (χ3v) is 1.43. The van der Waals surface area contributed by atoms with Crippen LogP contribution in [0.3, 0.4) is 0 Å². The van der Waals surface area contributed by atoms with Crippen LogP contribution in [0.2, 0.25) is 0 Å². The average Bonchev–Trinajstić information content (AvgIpc) is 1.83. The van der Waals surface area contributed by atoms with E-state index in [0.29, 0.717) is 0 Å². The standard InChI is InChI=1S/C7H17N.ClH.H2O/c1-4-6-7-8(3)5-2;;/h4-7H2,1-3H3;1H;1H2. The Morgan fingerprint density at radius 1 is 1.20 bits per heavy atom. The lowest BCUT2D eigenvalue weighted by Gasteiger charge is -2.11. The summed E-state index contributed by atoms with van der Waals surface area (Å²) in [5, 5.41) is 0. The molecule has 3 heteroatoms. The number of halogens is 1. The molecule has 0 saturated carbocycles. The van der Waals surface area contributed by atoms with Crippen molar-refractivity contribution in [1.82, 2.24) is 4.90 Å². The Bertz CT molecular complexity index is 52.9. The lowest BCUT2D eigenvalue weighted by molar-refractivity contribution is 0.346. The largest absolute Gasteiger partial charge is 0.412 e. The SMILES string of the molecule is CCCCN(C)CC.Cl.O. The van der Waals surface area contributed by atoms with Gasteiger partial charge in [-0.15, -0.1) is 12.4 Å². The van der Waals surface area contributed by atoms with E-state index >= 15 is 0 Å². The highest BCUT2D eigenvalue weighted by Crippen LogP contribution is 1.89. The second-order valence-corrected chi connectivity index (χ2v) is 2.25. The predicted octanol–water partition coefficient (Wildman–Crippen LogP) is 1.34. The van der Waals surface area contributed by atoms with Crippen molar-refractivity contribution in [1.29, 1.82) is 0 Å². The van der Waals surface area contributed by atoms with E-state index in [1.807, 2.05) is 0 Å². The molecule has 0 spiro atoms. The van der Waals surface area contributed by atoms with Crippen molar-refractivity contribution in [3.63, 3.8) is 0 Å². The van der Waals surface area contributed by atoms with Crippen LogP contribution in [-0.2, 0) is 0 Å². The van der Waals surface area contributed by atoms with Crippen molar-refractivity contribution >= 4 is 12.4 Å². The van der Waals surface area contributed by atoms with Crippen molar-refractivity contribution in [3.8, 4) is 0 Å². The summed E-state index contributed by atoms with van der Waals surface area (Å²) in [5.41, 5.74) is 0. The van der Waals surface area contributed by atoms with Gasteiger partial charge in [-0.25, -0.2) is 0 Å². The quantitative estimate of drug-likeness (QED) is 0.626. The van der Waals surface area contributed by atoms with Gasteiger partial charge in [-0.2, -0.15) is 0 Å². The van der Waals surface area contributed by atoms with Gasteiger partial charge in [0, 0.05) is 0 Å². The van der Waals surface area contributed by atoms with Gasteiger partial charge in [0.2, 0.25) is 0 Å². The van der Waals surface area contributed by atoms with E-state index in [2.05, 4.69) is 25.8 Å². The molecular weight excluding hydrogens is 150 g/mol. The number of rotatable bonds is 4. The first kappa shape index (κ1) is 16.7. The minimum atomic E-state index is 0. The zero-order chi connectivity index (χ0) is 6.41. The molecule has 10 heavy (non-hydrogen) atoms. The van der Waals surface area contributed by atoms with Crippen LogP contribution in [0.25, 0.3) is 0 Å². The van der Waals surface area contributed by atoms with E-state index in [1.165, 1.54) is 25.9 Å². The van der Waals surface area contributed by atoms with E-state index in [1.54, 1.807) is 0 Å². The Labute approximate surface area is 70.3 Å². The first-order valence-corrected chi connectivity index (χ1v) is 3.49. The smallest absolute Gasteiger partial charge is 0.00220 e. The summed E-state index contributed by atoms with van der Waals surface area (Å²) in [4.78, 5) is 2.34. The van der Waals surface area contributed by atoms with E-state index < -0.39 is 0 Å².